The SMILES string of the molecule is COc1ccc(C(C)C)cc1.c1ccc(-c2ccccn2)nc1. The molecule has 0 saturated carbocycles. The molecule has 0 radical (unpaired) electrons. The monoisotopic (exact) mass is 306 g/mol. The zero-order valence-corrected chi connectivity index (χ0v) is 13.8. The van der Waals surface area contributed by atoms with Crippen LogP contribution in [-0.2, 0) is 0 Å². The molecule has 0 aliphatic heterocycles. The maximum atomic E-state index is 5.05. The first kappa shape index (κ1) is 16.7. The van der Waals surface area contributed by atoms with Crippen LogP contribution in [-0.4, -0.2) is 17.1 Å². The van der Waals surface area contributed by atoms with E-state index in [4.69, 9.17) is 4.74 Å². The highest BCUT2D eigenvalue weighted by molar-refractivity contribution is 5.52. The van der Waals surface area contributed by atoms with Crippen LogP contribution < -0.4 is 4.74 Å². The Hall–Kier alpha value is -2.68. The standard InChI is InChI=1S/C10H8N2.C10H14O/c1-3-7-11-9(5-1)10-6-2-4-8-12-10;1-8(2)9-4-6-10(11-3)7-5-9/h1-8H;4-8H,1-3H3. The number of aromatic nitrogens is 2. The molecule has 3 nitrogen and oxygen atoms in total. The van der Waals surface area contributed by atoms with E-state index in [0.29, 0.717) is 5.92 Å². The fraction of sp³-hybridized carbons (Fsp3) is 0.200. The summed E-state index contributed by atoms with van der Waals surface area (Å²) in [6, 6.07) is 19.8. The molecule has 0 saturated heterocycles. The molecule has 3 heteroatoms. The average molecular weight is 306 g/mol. The molecule has 0 N–H and O–H groups in total. The smallest absolute Gasteiger partial charge is 0.118 e. The van der Waals surface area contributed by atoms with Crippen LogP contribution in [0.5, 0.6) is 5.75 Å². The third-order valence-corrected chi connectivity index (χ3v) is 3.37. The van der Waals surface area contributed by atoms with Crippen LogP contribution in [0.1, 0.15) is 25.3 Å². The van der Waals surface area contributed by atoms with Crippen LogP contribution in [0.2, 0.25) is 0 Å². The summed E-state index contributed by atoms with van der Waals surface area (Å²) >= 11 is 0. The molecule has 0 atom stereocenters. The van der Waals surface area contributed by atoms with Crippen molar-refractivity contribution in [1.82, 2.24) is 9.97 Å². The third-order valence-electron chi connectivity index (χ3n) is 3.37. The summed E-state index contributed by atoms with van der Waals surface area (Å²) in [5.41, 5.74) is 3.18. The minimum absolute atomic E-state index is 0.598. The van der Waals surface area contributed by atoms with Crippen molar-refractivity contribution in [3.05, 3.63) is 78.6 Å². The minimum Gasteiger partial charge on any atom is -0.497 e. The number of hydrogen-bond acceptors (Lipinski definition) is 3. The second-order valence-electron chi connectivity index (χ2n) is 5.36. The molecular formula is C20H22N2O. The summed E-state index contributed by atoms with van der Waals surface area (Å²) in [5.74, 6) is 1.52. The summed E-state index contributed by atoms with van der Waals surface area (Å²) in [4.78, 5) is 8.37. The van der Waals surface area contributed by atoms with Crippen molar-refractivity contribution in [3.63, 3.8) is 0 Å². The molecule has 0 spiro atoms. The number of nitrogens with zero attached hydrogens (tertiary/aromatic N) is 2. The van der Waals surface area contributed by atoms with E-state index in [1.54, 1.807) is 19.5 Å². The van der Waals surface area contributed by atoms with Crippen molar-refractivity contribution in [2.75, 3.05) is 7.11 Å². The van der Waals surface area contributed by atoms with Crippen molar-refractivity contribution in [1.29, 1.82) is 0 Å². The number of rotatable bonds is 3. The maximum absolute atomic E-state index is 5.05. The van der Waals surface area contributed by atoms with Crippen LogP contribution in [0.3, 0.4) is 0 Å². The lowest BCUT2D eigenvalue weighted by Gasteiger charge is -2.05. The summed E-state index contributed by atoms with van der Waals surface area (Å²) in [6.45, 7) is 4.36. The van der Waals surface area contributed by atoms with E-state index in [9.17, 15) is 0 Å². The van der Waals surface area contributed by atoms with E-state index in [2.05, 4.69) is 35.9 Å². The minimum atomic E-state index is 0.598. The van der Waals surface area contributed by atoms with Gasteiger partial charge in [-0.3, -0.25) is 9.97 Å². The number of methoxy groups -OCH3 is 1. The predicted octanol–water partition coefficient (Wildman–Crippen LogP) is 4.96. The highest BCUT2D eigenvalue weighted by Crippen LogP contribution is 2.17. The predicted molar refractivity (Wildman–Crippen MR) is 94.6 cm³/mol. The molecule has 2 heterocycles. The van der Waals surface area contributed by atoms with Gasteiger partial charge >= 0.3 is 0 Å². The number of hydrogen-bond donors (Lipinski definition) is 0. The highest BCUT2D eigenvalue weighted by Gasteiger charge is 1.97. The molecule has 0 amide bonds. The summed E-state index contributed by atoms with van der Waals surface area (Å²) in [5, 5.41) is 0. The van der Waals surface area contributed by atoms with Gasteiger partial charge in [-0.15, -0.1) is 0 Å². The summed E-state index contributed by atoms with van der Waals surface area (Å²) < 4.78 is 5.05. The normalized spacial score (nSPS) is 9.91. The first-order valence-corrected chi connectivity index (χ1v) is 7.67. The Labute approximate surface area is 138 Å². The quantitative estimate of drug-likeness (QED) is 0.686. The molecule has 2 aromatic heterocycles. The Balaban J connectivity index is 0.000000168. The highest BCUT2D eigenvalue weighted by atomic mass is 16.5. The molecular weight excluding hydrogens is 284 g/mol. The van der Waals surface area contributed by atoms with E-state index in [0.717, 1.165) is 17.1 Å². The largest absolute Gasteiger partial charge is 0.497 e. The molecule has 0 unspecified atom stereocenters. The van der Waals surface area contributed by atoms with Crippen LogP contribution >= 0.6 is 0 Å². The Morgan fingerprint density at radius 3 is 1.61 bits per heavy atom. The van der Waals surface area contributed by atoms with Gasteiger partial charge in [-0.05, 0) is 47.9 Å². The van der Waals surface area contributed by atoms with E-state index >= 15 is 0 Å². The summed E-state index contributed by atoms with van der Waals surface area (Å²) in [7, 11) is 1.68. The van der Waals surface area contributed by atoms with Gasteiger partial charge in [0.2, 0.25) is 0 Å². The van der Waals surface area contributed by atoms with Gasteiger partial charge in [-0.2, -0.15) is 0 Å². The Morgan fingerprint density at radius 2 is 1.26 bits per heavy atom. The molecule has 118 valence electrons. The van der Waals surface area contributed by atoms with E-state index in [-0.39, 0.29) is 0 Å². The summed E-state index contributed by atoms with van der Waals surface area (Å²) in [6.07, 6.45) is 3.54. The molecule has 23 heavy (non-hydrogen) atoms. The molecule has 0 aliphatic rings. The Morgan fingerprint density at radius 1 is 0.739 bits per heavy atom. The van der Waals surface area contributed by atoms with Gasteiger partial charge in [0.05, 0.1) is 18.5 Å². The van der Waals surface area contributed by atoms with Crippen LogP contribution in [0.4, 0.5) is 0 Å². The van der Waals surface area contributed by atoms with E-state index in [1.165, 1.54) is 5.56 Å². The molecule has 3 aromatic rings. The molecule has 0 fully saturated rings. The fourth-order valence-electron chi connectivity index (χ4n) is 2.02. The van der Waals surface area contributed by atoms with Gasteiger partial charge in [0, 0.05) is 12.4 Å². The van der Waals surface area contributed by atoms with Gasteiger partial charge in [0.15, 0.2) is 0 Å². The van der Waals surface area contributed by atoms with Crippen LogP contribution in [0, 0.1) is 0 Å². The molecule has 0 aliphatic carbocycles. The number of ether oxygens (including phenoxy) is 1. The fourth-order valence-corrected chi connectivity index (χ4v) is 2.02. The molecule has 3 rings (SSSR count). The van der Waals surface area contributed by atoms with Gasteiger partial charge < -0.3 is 4.74 Å². The zero-order valence-electron chi connectivity index (χ0n) is 13.8. The first-order chi connectivity index (χ1) is 11.2. The number of pyridine rings is 2. The maximum Gasteiger partial charge on any atom is 0.118 e. The van der Waals surface area contributed by atoms with Crippen molar-refractivity contribution in [2.45, 2.75) is 19.8 Å². The zero-order chi connectivity index (χ0) is 16.5. The second kappa shape index (κ2) is 8.69. The number of benzene rings is 1. The van der Waals surface area contributed by atoms with Crippen molar-refractivity contribution in [2.24, 2.45) is 0 Å². The lowest BCUT2D eigenvalue weighted by molar-refractivity contribution is 0.414. The average Bonchev–Trinajstić information content (AvgIpc) is 2.64. The van der Waals surface area contributed by atoms with Crippen LogP contribution in [0.25, 0.3) is 11.4 Å². The van der Waals surface area contributed by atoms with Gasteiger partial charge in [-0.25, -0.2) is 0 Å². The Kier molecular flexibility index (Phi) is 6.30. The lowest BCUT2D eigenvalue weighted by Crippen LogP contribution is -1.87. The van der Waals surface area contributed by atoms with Gasteiger partial charge in [0.25, 0.3) is 0 Å². The van der Waals surface area contributed by atoms with Gasteiger partial charge in [-0.1, -0.05) is 38.1 Å². The van der Waals surface area contributed by atoms with E-state index in [1.807, 2.05) is 48.5 Å². The molecule has 0 bridgehead atoms. The topological polar surface area (TPSA) is 35.0 Å². The molecule has 1 aromatic carbocycles. The Bertz CT molecular complexity index is 642. The van der Waals surface area contributed by atoms with Crippen LogP contribution in [0.15, 0.2) is 73.1 Å². The third kappa shape index (κ3) is 5.22. The lowest BCUT2D eigenvalue weighted by atomic mass is 10.0. The van der Waals surface area contributed by atoms with Crippen molar-refractivity contribution < 1.29 is 4.74 Å². The second-order valence-corrected chi connectivity index (χ2v) is 5.36. The van der Waals surface area contributed by atoms with E-state index < -0.39 is 0 Å². The first-order valence-electron chi connectivity index (χ1n) is 7.67. The van der Waals surface area contributed by atoms with Crippen molar-refractivity contribution in [3.8, 4) is 17.1 Å². The van der Waals surface area contributed by atoms with Crippen molar-refractivity contribution >= 4 is 0 Å². The van der Waals surface area contributed by atoms with Gasteiger partial charge in [0.1, 0.15) is 5.75 Å².